The summed E-state index contributed by atoms with van der Waals surface area (Å²) < 4.78 is 0. The molecule has 19 heavy (non-hydrogen) atoms. The zero-order valence-corrected chi connectivity index (χ0v) is 13.6. The monoisotopic (exact) mass is 282 g/mol. The quantitative estimate of drug-likeness (QED) is 0.920. The number of anilines is 1. The molecule has 0 unspecified atom stereocenters. The van der Waals surface area contributed by atoms with E-state index in [9.17, 15) is 0 Å². The minimum atomic E-state index is 0.280. The highest BCUT2D eigenvalue weighted by molar-refractivity contribution is 7.15. The van der Waals surface area contributed by atoms with E-state index in [2.05, 4.69) is 42.8 Å². The fourth-order valence-corrected chi connectivity index (χ4v) is 3.57. The van der Waals surface area contributed by atoms with Crippen molar-refractivity contribution >= 4 is 16.5 Å². The highest BCUT2D eigenvalue weighted by Gasteiger charge is 2.27. The fourth-order valence-electron chi connectivity index (χ4n) is 2.44. The predicted octanol–water partition coefficient (Wildman–Crippen LogP) is 2.09. The molecular formula is C14H26N4S. The molecule has 0 amide bonds. The van der Waals surface area contributed by atoms with Crippen LogP contribution in [0.1, 0.15) is 31.3 Å². The molecule has 0 aliphatic carbocycles. The molecule has 1 aliphatic heterocycles. The number of hydrogen-bond acceptors (Lipinski definition) is 5. The van der Waals surface area contributed by atoms with Crippen LogP contribution in [0.4, 0.5) is 5.13 Å². The van der Waals surface area contributed by atoms with Gasteiger partial charge in [0, 0.05) is 43.1 Å². The van der Waals surface area contributed by atoms with Crippen molar-refractivity contribution in [2.45, 2.75) is 39.8 Å². The van der Waals surface area contributed by atoms with Crippen LogP contribution in [-0.2, 0) is 6.54 Å². The molecule has 1 aliphatic rings. The molecule has 2 heterocycles. The van der Waals surface area contributed by atoms with E-state index >= 15 is 0 Å². The lowest BCUT2D eigenvalue weighted by Gasteiger charge is -2.42. The third-order valence-corrected chi connectivity index (χ3v) is 4.94. The molecule has 108 valence electrons. The van der Waals surface area contributed by atoms with Crippen LogP contribution in [0.15, 0.2) is 0 Å². The Morgan fingerprint density at radius 1 is 1.21 bits per heavy atom. The summed E-state index contributed by atoms with van der Waals surface area (Å²) in [5.41, 5.74) is 1.45. The summed E-state index contributed by atoms with van der Waals surface area (Å²) in [5, 5.41) is 4.40. The van der Waals surface area contributed by atoms with E-state index in [1.165, 1.54) is 15.7 Å². The molecule has 2 rings (SSSR count). The molecule has 0 radical (unpaired) electrons. The third-order valence-electron chi connectivity index (χ3n) is 3.72. The van der Waals surface area contributed by atoms with Gasteiger partial charge >= 0.3 is 0 Å². The lowest BCUT2D eigenvalue weighted by atomic mass is 10.1. The maximum atomic E-state index is 4.73. The molecule has 0 saturated carbocycles. The van der Waals surface area contributed by atoms with E-state index in [0.717, 1.165) is 32.7 Å². The first-order valence-electron chi connectivity index (χ1n) is 7.02. The Morgan fingerprint density at radius 3 is 2.37 bits per heavy atom. The van der Waals surface area contributed by atoms with Crippen LogP contribution in [0.5, 0.6) is 0 Å². The molecule has 0 aromatic carbocycles. The lowest BCUT2D eigenvalue weighted by molar-refractivity contribution is 0.128. The molecular weight excluding hydrogens is 256 g/mol. The van der Waals surface area contributed by atoms with Crippen molar-refractivity contribution in [3.63, 3.8) is 0 Å². The second-order valence-corrected chi connectivity index (χ2v) is 7.24. The summed E-state index contributed by atoms with van der Waals surface area (Å²) in [5.74, 6) is 0. The molecule has 0 spiro atoms. The van der Waals surface area contributed by atoms with Gasteiger partial charge in [-0.15, -0.1) is 11.3 Å². The van der Waals surface area contributed by atoms with Crippen molar-refractivity contribution in [3.8, 4) is 0 Å². The largest absolute Gasteiger partial charge is 0.346 e. The van der Waals surface area contributed by atoms with Gasteiger partial charge in [-0.1, -0.05) is 0 Å². The van der Waals surface area contributed by atoms with Crippen molar-refractivity contribution in [2.75, 3.05) is 38.1 Å². The highest BCUT2D eigenvalue weighted by atomic mass is 32.1. The average molecular weight is 282 g/mol. The molecule has 1 fully saturated rings. The number of hydrogen-bond donors (Lipinski definition) is 1. The Kier molecular flexibility index (Phi) is 4.48. The maximum absolute atomic E-state index is 4.73. The highest BCUT2D eigenvalue weighted by Crippen LogP contribution is 2.27. The predicted molar refractivity (Wildman–Crippen MR) is 83.2 cm³/mol. The van der Waals surface area contributed by atoms with Gasteiger partial charge in [-0.25, -0.2) is 4.98 Å². The number of nitrogens with zero attached hydrogens (tertiary/aromatic N) is 3. The van der Waals surface area contributed by atoms with Crippen LogP contribution < -0.4 is 10.2 Å². The van der Waals surface area contributed by atoms with Gasteiger partial charge in [0.05, 0.1) is 5.69 Å². The minimum Gasteiger partial charge on any atom is -0.346 e. The first-order valence-corrected chi connectivity index (χ1v) is 7.84. The molecule has 1 saturated heterocycles. The third kappa shape index (κ3) is 3.46. The van der Waals surface area contributed by atoms with E-state index < -0.39 is 0 Å². The van der Waals surface area contributed by atoms with Gasteiger partial charge in [0.25, 0.3) is 0 Å². The second-order valence-electron chi connectivity index (χ2n) is 6.18. The average Bonchev–Trinajstić information content (AvgIpc) is 2.71. The lowest BCUT2D eigenvalue weighted by Crippen LogP contribution is -2.53. The Morgan fingerprint density at radius 2 is 1.84 bits per heavy atom. The van der Waals surface area contributed by atoms with Crippen molar-refractivity contribution in [3.05, 3.63) is 10.6 Å². The van der Waals surface area contributed by atoms with E-state index in [1.54, 1.807) is 0 Å². The number of thiazole rings is 1. The van der Waals surface area contributed by atoms with Crippen molar-refractivity contribution in [1.29, 1.82) is 0 Å². The molecule has 1 aromatic rings. The van der Waals surface area contributed by atoms with Crippen LogP contribution in [0.25, 0.3) is 0 Å². The van der Waals surface area contributed by atoms with E-state index in [-0.39, 0.29) is 5.54 Å². The summed E-state index contributed by atoms with van der Waals surface area (Å²) in [6.07, 6.45) is 0. The standard InChI is InChI=1S/C14H26N4S/c1-11-12(10-15-5)19-13(16-11)17-6-8-18(9-7-17)14(2,3)4/h15H,6-10H2,1-5H3. The fraction of sp³-hybridized carbons (Fsp3) is 0.786. The zero-order valence-electron chi connectivity index (χ0n) is 12.8. The summed E-state index contributed by atoms with van der Waals surface area (Å²) in [6, 6.07) is 0. The summed E-state index contributed by atoms with van der Waals surface area (Å²) in [6.45, 7) is 14.3. The van der Waals surface area contributed by atoms with Gasteiger partial charge in [0.15, 0.2) is 5.13 Å². The Bertz CT molecular complexity index is 414. The molecule has 4 nitrogen and oxygen atoms in total. The van der Waals surface area contributed by atoms with Gasteiger partial charge in [0.2, 0.25) is 0 Å². The maximum Gasteiger partial charge on any atom is 0.185 e. The van der Waals surface area contributed by atoms with E-state index in [4.69, 9.17) is 4.98 Å². The summed E-state index contributed by atoms with van der Waals surface area (Å²) in [7, 11) is 1.99. The van der Waals surface area contributed by atoms with Gasteiger partial charge in [-0.2, -0.15) is 0 Å². The van der Waals surface area contributed by atoms with Crippen molar-refractivity contribution < 1.29 is 0 Å². The van der Waals surface area contributed by atoms with Crippen LogP contribution in [0.3, 0.4) is 0 Å². The summed E-state index contributed by atoms with van der Waals surface area (Å²) in [4.78, 5) is 11.1. The van der Waals surface area contributed by atoms with Gasteiger partial charge < -0.3 is 10.2 Å². The number of rotatable bonds is 3. The molecule has 0 atom stereocenters. The first-order chi connectivity index (χ1) is 8.91. The summed E-state index contributed by atoms with van der Waals surface area (Å²) >= 11 is 1.83. The Labute approximate surface area is 120 Å². The molecule has 5 heteroatoms. The number of aryl methyl sites for hydroxylation is 1. The van der Waals surface area contributed by atoms with Crippen LogP contribution in [-0.4, -0.2) is 48.6 Å². The topological polar surface area (TPSA) is 31.4 Å². The second kappa shape index (κ2) is 5.77. The normalized spacial score (nSPS) is 18.1. The number of piperazine rings is 1. The molecule has 1 N–H and O–H groups in total. The van der Waals surface area contributed by atoms with Crippen LogP contribution in [0.2, 0.25) is 0 Å². The molecule has 0 bridgehead atoms. The zero-order chi connectivity index (χ0) is 14.0. The van der Waals surface area contributed by atoms with E-state index in [0.29, 0.717) is 0 Å². The van der Waals surface area contributed by atoms with Crippen LogP contribution in [0, 0.1) is 6.92 Å². The van der Waals surface area contributed by atoms with Gasteiger partial charge in [-0.3, -0.25) is 4.90 Å². The SMILES string of the molecule is CNCc1sc(N2CCN(C(C)(C)C)CC2)nc1C. The van der Waals surface area contributed by atoms with Gasteiger partial charge in [0.1, 0.15) is 0 Å². The molecule has 1 aromatic heterocycles. The smallest absolute Gasteiger partial charge is 0.185 e. The van der Waals surface area contributed by atoms with Crippen molar-refractivity contribution in [2.24, 2.45) is 0 Å². The number of aromatic nitrogens is 1. The van der Waals surface area contributed by atoms with E-state index in [1.807, 2.05) is 18.4 Å². The van der Waals surface area contributed by atoms with Crippen LogP contribution >= 0.6 is 11.3 Å². The van der Waals surface area contributed by atoms with Crippen molar-refractivity contribution in [1.82, 2.24) is 15.2 Å². The Balaban J connectivity index is 2.00. The number of nitrogens with one attached hydrogen (secondary N) is 1. The Hall–Kier alpha value is -0.650. The minimum absolute atomic E-state index is 0.280. The first kappa shape index (κ1) is 14.8. The van der Waals surface area contributed by atoms with Gasteiger partial charge in [-0.05, 0) is 34.7 Å².